The van der Waals surface area contributed by atoms with Gasteiger partial charge < -0.3 is 9.47 Å². The molecule has 0 heterocycles. The van der Waals surface area contributed by atoms with E-state index < -0.39 is 11.2 Å². The predicted octanol–water partition coefficient (Wildman–Crippen LogP) is 6.97. The van der Waals surface area contributed by atoms with Gasteiger partial charge in [0.2, 0.25) is 0 Å². The molecule has 30 heavy (non-hydrogen) atoms. The highest BCUT2D eigenvalue weighted by Gasteiger charge is 2.40. The second-order valence-corrected chi connectivity index (χ2v) is 9.24. The average molecular weight is 419 g/mol. The summed E-state index contributed by atoms with van der Waals surface area (Å²) in [6, 6.07) is 0. The second kappa shape index (κ2) is 13.0. The van der Waals surface area contributed by atoms with E-state index in [-0.39, 0.29) is 11.9 Å². The lowest BCUT2D eigenvalue weighted by molar-refractivity contribution is -0.166. The van der Waals surface area contributed by atoms with Crippen LogP contribution in [0.3, 0.4) is 0 Å². The molecule has 0 aliphatic heterocycles. The first kappa shape index (κ1) is 24.7. The Hall–Kier alpha value is -1.58. The summed E-state index contributed by atoms with van der Waals surface area (Å²) in [5.74, 6) is -0.480. The van der Waals surface area contributed by atoms with Crippen molar-refractivity contribution in [1.82, 2.24) is 0 Å². The summed E-state index contributed by atoms with van der Waals surface area (Å²) >= 11 is 0. The van der Waals surface area contributed by atoms with Crippen molar-refractivity contribution in [2.75, 3.05) is 0 Å². The Morgan fingerprint density at radius 2 is 0.900 bits per heavy atom. The fourth-order valence-corrected chi connectivity index (χ4v) is 5.13. The monoisotopic (exact) mass is 418 g/mol. The zero-order chi connectivity index (χ0) is 21.7. The van der Waals surface area contributed by atoms with Crippen LogP contribution in [-0.2, 0) is 19.1 Å². The maximum atomic E-state index is 12.4. The molecule has 0 amide bonds. The number of hydrogen-bond acceptors (Lipinski definition) is 4. The van der Waals surface area contributed by atoms with E-state index in [4.69, 9.17) is 9.47 Å². The minimum absolute atomic E-state index is 0.240. The SMILES string of the molecule is C/C=C/C(=O)OC1(CCC2(OC(=O)/C=C/C)CCCCCCC2)CCCCCCC1. The number of hydrogen-bond donors (Lipinski definition) is 0. The van der Waals surface area contributed by atoms with Crippen molar-refractivity contribution in [2.24, 2.45) is 0 Å². The van der Waals surface area contributed by atoms with Crippen LogP contribution in [0, 0.1) is 0 Å². The van der Waals surface area contributed by atoms with Gasteiger partial charge in [0.05, 0.1) is 0 Å². The number of esters is 2. The molecule has 0 aromatic heterocycles. The highest BCUT2D eigenvalue weighted by atomic mass is 16.6. The van der Waals surface area contributed by atoms with E-state index in [1.807, 2.05) is 13.8 Å². The van der Waals surface area contributed by atoms with Crippen LogP contribution in [0.15, 0.2) is 24.3 Å². The van der Waals surface area contributed by atoms with Crippen molar-refractivity contribution >= 4 is 11.9 Å². The first-order valence-electron chi connectivity index (χ1n) is 12.2. The highest BCUT2D eigenvalue weighted by Crippen LogP contribution is 2.40. The first-order valence-corrected chi connectivity index (χ1v) is 12.2. The lowest BCUT2D eigenvalue weighted by Crippen LogP contribution is -2.41. The van der Waals surface area contributed by atoms with Gasteiger partial charge in [-0.25, -0.2) is 9.59 Å². The fourth-order valence-electron chi connectivity index (χ4n) is 5.13. The molecule has 0 unspecified atom stereocenters. The lowest BCUT2D eigenvalue weighted by Gasteiger charge is -2.40. The minimum atomic E-state index is -0.431. The van der Waals surface area contributed by atoms with Crippen LogP contribution in [0.25, 0.3) is 0 Å². The van der Waals surface area contributed by atoms with Gasteiger partial charge in [-0.05, 0) is 78.1 Å². The maximum absolute atomic E-state index is 12.4. The van der Waals surface area contributed by atoms with Gasteiger partial charge >= 0.3 is 11.9 Å². The Balaban J connectivity index is 2.20. The van der Waals surface area contributed by atoms with Crippen LogP contribution < -0.4 is 0 Å². The molecule has 170 valence electrons. The molecular formula is C26H42O4. The Labute approximate surface area is 183 Å². The van der Waals surface area contributed by atoms with Gasteiger partial charge in [0.15, 0.2) is 0 Å². The third-order valence-electron chi connectivity index (χ3n) is 6.81. The Morgan fingerprint density at radius 1 is 0.600 bits per heavy atom. The van der Waals surface area contributed by atoms with Crippen LogP contribution in [0.4, 0.5) is 0 Å². The van der Waals surface area contributed by atoms with E-state index in [2.05, 4.69) is 0 Å². The Kier molecular flexibility index (Phi) is 10.7. The smallest absolute Gasteiger partial charge is 0.330 e. The Bertz CT molecular complexity index is 522. The van der Waals surface area contributed by atoms with Gasteiger partial charge in [-0.15, -0.1) is 0 Å². The molecule has 2 rings (SSSR count). The quantitative estimate of drug-likeness (QED) is 0.331. The molecule has 0 radical (unpaired) electrons. The number of rotatable bonds is 7. The van der Waals surface area contributed by atoms with E-state index in [0.29, 0.717) is 0 Å². The first-order chi connectivity index (χ1) is 14.5. The van der Waals surface area contributed by atoms with Crippen LogP contribution in [0.2, 0.25) is 0 Å². The van der Waals surface area contributed by atoms with E-state index in [1.165, 1.54) is 50.7 Å². The van der Waals surface area contributed by atoms with Crippen molar-refractivity contribution in [3.05, 3.63) is 24.3 Å². The third-order valence-corrected chi connectivity index (χ3v) is 6.81. The zero-order valence-corrected chi connectivity index (χ0v) is 19.3. The molecule has 0 saturated heterocycles. The van der Waals surface area contributed by atoms with Crippen LogP contribution in [-0.4, -0.2) is 23.1 Å². The zero-order valence-electron chi connectivity index (χ0n) is 19.3. The summed E-state index contributed by atoms with van der Waals surface area (Å²) in [6.45, 7) is 3.69. The van der Waals surface area contributed by atoms with Gasteiger partial charge in [0.25, 0.3) is 0 Å². The molecule has 0 N–H and O–H groups in total. The number of carbonyl (C=O) groups excluding carboxylic acids is 2. The summed E-state index contributed by atoms with van der Waals surface area (Å²) in [5, 5.41) is 0. The second-order valence-electron chi connectivity index (χ2n) is 9.24. The largest absolute Gasteiger partial charge is 0.456 e. The predicted molar refractivity (Wildman–Crippen MR) is 121 cm³/mol. The molecule has 0 spiro atoms. The minimum Gasteiger partial charge on any atom is -0.456 e. The number of ether oxygens (including phenoxy) is 2. The van der Waals surface area contributed by atoms with E-state index in [0.717, 1.165) is 64.2 Å². The van der Waals surface area contributed by atoms with Gasteiger partial charge in [-0.2, -0.15) is 0 Å². The Morgan fingerprint density at radius 3 is 1.20 bits per heavy atom. The molecule has 0 atom stereocenters. The van der Waals surface area contributed by atoms with Gasteiger partial charge in [0.1, 0.15) is 11.2 Å². The van der Waals surface area contributed by atoms with Crippen molar-refractivity contribution < 1.29 is 19.1 Å². The van der Waals surface area contributed by atoms with Gasteiger partial charge in [-0.3, -0.25) is 0 Å². The molecule has 4 nitrogen and oxygen atoms in total. The molecule has 0 bridgehead atoms. The fraction of sp³-hybridized carbons (Fsp3) is 0.769. The molecule has 0 aromatic carbocycles. The van der Waals surface area contributed by atoms with Crippen molar-refractivity contribution in [1.29, 1.82) is 0 Å². The van der Waals surface area contributed by atoms with E-state index in [1.54, 1.807) is 12.2 Å². The molecule has 2 fully saturated rings. The third kappa shape index (κ3) is 8.28. The molecule has 2 aliphatic rings. The molecular weight excluding hydrogens is 376 g/mol. The summed E-state index contributed by atoms with van der Waals surface area (Å²) < 4.78 is 12.2. The van der Waals surface area contributed by atoms with E-state index in [9.17, 15) is 9.59 Å². The number of carbonyl (C=O) groups is 2. The van der Waals surface area contributed by atoms with Crippen molar-refractivity contribution in [3.63, 3.8) is 0 Å². The lowest BCUT2D eigenvalue weighted by atomic mass is 9.77. The normalized spacial score (nSPS) is 22.6. The summed E-state index contributed by atoms with van der Waals surface area (Å²) in [4.78, 5) is 24.8. The number of allylic oxidation sites excluding steroid dienone is 2. The summed E-state index contributed by atoms with van der Waals surface area (Å²) in [6.07, 6.45) is 23.4. The van der Waals surface area contributed by atoms with Crippen molar-refractivity contribution in [3.8, 4) is 0 Å². The van der Waals surface area contributed by atoms with Gasteiger partial charge in [-0.1, -0.05) is 50.7 Å². The van der Waals surface area contributed by atoms with Crippen LogP contribution in [0.5, 0.6) is 0 Å². The van der Waals surface area contributed by atoms with Crippen LogP contribution in [0.1, 0.15) is 117 Å². The topological polar surface area (TPSA) is 52.6 Å². The summed E-state index contributed by atoms with van der Waals surface area (Å²) in [5.41, 5.74) is -0.862. The molecule has 0 aromatic rings. The summed E-state index contributed by atoms with van der Waals surface area (Å²) in [7, 11) is 0. The van der Waals surface area contributed by atoms with Crippen LogP contribution >= 0.6 is 0 Å². The van der Waals surface area contributed by atoms with Gasteiger partial charge in [0, 0.05) is 12.2 Å². The van der Waals surface area contributed by atoms with Crippen molar-refractivity contribution in [2.45, 2.75) is 128 Å². The average Bonchev–Trinajstić information content (AvgIpc) is 2.66. The molecule has 4 heteroatoms. The molecule has 2 saturated carbocycles. The molecule has 2 aliphatic carbocycles. The van der Waals surface area contributed by atoms with E-state index >= 15 is 0 Å². The maximum Gasteiger partial charge on any atom is 0.330 e. The highest BCUT2D eigenvalue weighted by molar-refractivity contribution is 5.82. The standard InChI is InChI=1S/C26H42O4/c1-3-15-23(27)29-25(17-11-7-5-8-12-18-25)21-22-26(30-24(28)16-4-2)19-13-9-6-10-14-20-26/h3-4,15-16H,5-14,17-22H2,1-2H3/b15-3+,16-4+.